The van der Waals surface area contributed by atoms with Crippen molar-refractivity contribution in [3.05, 3.63) is 59.2 Å². The molecule has 0 saturated heterocycles. The van der Waals surface area contributed by atoms with Gasteiger partial charge in [-0.2, -0.15) is 0 Å². The third kappa shape index (κ3) is 4.23. The Morgan fingerprint density at radius 3 is 2.48 bits per heavy atom. The first-order valence-electron chi connectivity index (χ1n) is 7.23. The van der Waals surface area contributed by atoms with Crippen LogP contribution in [0.15, 0.2) is 42.5 Å². The highest BCUT2D eigenvalue weighted by Gasteiger charge is 2.07. The van der Waals surface area contributed by atoms with Crippen molar-refractivity contribution in [3.63, 3.8) is 0 Å². The maximum atomic E-state index is 5.94. The van der Waals surface area contributed by atoms with E-state index in [1.807, 2.05) is 38.2 Å². The zero-order valence-corrected chi connectivity index (χ0v) is 13.0. The Morgan fingerprint density at radius 1 is 1.00 bits per heavy atom. The van der Waals surface area contributed by atoms with Gasteiger partial charge in [0.1, 0.15) is 6.61 Å². The molecule has 3 heteroatoms. The molecule has 112 valence electrons. The number of aryl methyl sites for hydroxylation is 1. The molecule has 0 aromatic heterocycles. The second kappa shape index (κ2) is 7.70. The summed E-state index contributed by atoms with van der Waals surface area (Å²) in [6, 6.07) is 14.4. The summed E-state index contributed by atoms with van der Waals surface area (Å²) in [6.45, 7) is 3.56. The van der Waals surface area contributed by atoms with Gasteiger partial charge >= 0.3 is 0 Å². The van der Waals surface area contributed by atoms with Gasteiger partial charge in [0, 0.05) is 0 Å². The summed E-state index contributed by atoms with van der Waals surface area (Å²) in [4.78, 5) is 0. The summed E-state index contributed by atoms with van der Waals surface area (Å²) < 4.78 is 11.3. The molecule has 0 bridgehead atoms. The van der Waals surface area contributed by atoms with Crippen LogP contribution >= 0.6 is 0 Å². The lowest BCUT2D eigenvalue weighted by Crippen LogP contribution is -2.12. The number of methoxy groups -OCH3 is 1. The molecule has 0 aliphatic carbocycles. The molecular formula is C18H23NO2. The number of rotatable bonds is 7. The summed E-state index contributed by atoms with van der Waals surface area (Å²) in [7, 11) is 3.64. The molecule has 3 nitrogen and oxygen atoms in total. The van der Waals surface area contributed by atoms with E-state index in [9.17, 15) is 0 Å². The highest BCUT2D eigenvalue weighted by molar-refractivity contribution is 5.42. The number of likely N-dealkylation sites (N-methyl/N-ethyl adjacent to an activating group) is 1. The third-order valence-corrected chi connectivity index (χ3v) is 3.47. The Kier molecular flexibility index (Phi) is 5.64. The van der Waals surface area contributed by atoms with Gasteiger partial charge in [-0.3, -0.25) is 0 Å². The van der Waals surface area contributed by atoms with Crippen LogP contribution in [-0.2, 0) is 13.0 Å². The monoisotopic (exact) mass is 285 g/mol. The molecule has 1 N–H and O–H groups in total. The fraction of sp³-hybridized carbons (Fsp3) is 0.333. The van der Waals surface area contributed by atoms with Crippen molar-refractivity contribution < 1.29 is 9.47 Å². The molecule has 0 saturated carbocycles. The van der Waals surface area contributed by atoms with E-state index < -0.39 is 0 Å². The van der Waals surface area contributed by atoms with Crippen molar-refractivity contribution >= 4 is 0 Å². The van der Waals surface area contributed by atoms with E-state index in [1.165, 1.54) is 11.1 Å². The predicted octanol–water partition coefficient (Wildman–Crippen LogP) is 3.34. The highest BCUT2D eigenvalue weighted by atomic mass is 16.5. The predicted molar refractivity (Wildman–Crippen MR) is 86.1 cm³/mol. The van der Waals surface area contributed by atoms with E-state index in [4.69, 9.17) is 9.47 Å². The summed E-state index contributed by atoms with van der Waals surface area (Å²) >= 11 is 0. The maximum absolute atomic E-state index is 5.94. The zero-order chi connectivity index (χ0) is 15.1. The van der Waals surface area contributed by atoms with Crippen LogP contribution in [0.1, 0.15) is 16.7 Å². The molecule has 2 aromatic rings. The molecule has 0 aliphatic heterocycles. The Balaban J connectivity index is 2.09. The fourth-order valence-electron chi connectivity index (χ4n) is 2.25. The van der Waals surface area contributed by atoms with Gasteiger partial charge in [0.25, 0.3) is 0 Å². The molecule has 21 heavy (non-hydrogen) atoms. The number of hydrogen-bond donors (Lipinski definition) is 1. The maximum Gasteiger partial charge on any atom is 0.161 e. The Bertz CT molecular complexity index is 581. The van der Waals surface area contributed by atoms with Gasteiger partial charge < -0.3 is 14.8 Å². The summed E-state index contributed by atoms with van der Waals surface area (Å²) in [5.74, 6) is 1.56. The molecule has 0 unspecified atom stereocenters. The Hall–Kier alpha value is -2.00. The molecule has 0 radical (unpaired) electrons. The van der Waals surface area contributed by atoms with Gasteiger partial charge in [-0.15, -0.1) is 0 Å². The van der Waals surface area contributed by atoms with E-state index in [1.54, 1.807) is 7.11 Å². The van der Waals surface area contributed by atoms with E-state index in [0.717, 1.165) is 30.0 Å². The summed E-state index contributed by atoms with van der Waals surface area (Å²) in [5.41, 5.74) is 3.70. The average Bonchev–Trinajstić information content (AvgIpc) is 2.52. The van der Waals surface area contributed by atoms with Gasteiger partial charge in [0.05, 0.1) is 7.11 Å². The molecule has 2 rings (SSSR count). The van der Waals surface area contributed by atoms with Crippen molar-refractivity contribution in [2.75, 3.05) is 20.7 Å². The van der Waals surface area contributed by atoms with Crippen LogP contribution in [0.5, 0.6) is 11.5 Å². The molecular weight excluding hydrogens is 262 g/mol. The van der Waals surface area contributed by atoms with Crippen LogP contribution in [0.2, 0.25) is 0 Å². The standard InChI is InChI=1S/C18H23NO2/c1-14-8-9-17(18(12-14)20-3)21-13-16-7-5-4-6-15(16)10-11-19-2/h4-9,12,19H,10-11,13H2,1-3H3. The Labute approximate surface area is 126 Å². The number of nitrogens with one attached hydrogen (secondary N) is 1. The number of hydrogen-bond acceptors (Lipinski definition) is 3. The van der Waals surface area contributed by atoms with Crippen LogP contribution in [-0.4, -0.2) is 20.7 Å². The van der Waals surface area contributed by atoms with Gasteiger partial charge in [0.2, 0.25) is 0 Å². The molecule has 0 fully saturated rings. The lowest BCUT2D eigenvalue weighted by molar-refractivity contribution is 0.283. The SMILES string of the molecule is CNCCc1ccccc1COc1ccc(C)cc1OC. The topological polar surface area (TPSA) is 30.5 Å². The largest absolute Gasteiger partial charge is 0.493 e. The van der Waals surface area contributed by atoms with Gasteiger partial charge in [-0.1, -0.05) is 30.3 Å². The van der Waals surface area contributed by atoms with Crippen molar-refractivity contribution in [1.29, 1.82) is 0 Å². The quantitative estimate of drug-likeness (QED) is 0.846. The van der Waals surface area contributed by atoms with E-state index >= 15 is 0 Å². The van der Waals surface area contributed by atoms with E-state index in [-0.39, 0.29) is 0 Å². The first-order valence-corrected chi connectivity index (χ1v) is 7.23. The van der Waals surface area contributed by atoms with Crippen molar-refractivity contribution in [2.24, 2.45) is 0 Å². The molecule has 0 heterocycles. The van der Waals surface area contributed by atoms with Crippen molar-refractivity contribution in [2.45, 2.75) is 20.0 Å². The molecule has 0 spiro atoms. The van der Waals surface area contributed by atoms with Gasteiger partial charge in [-0.05, 0) is 55.8 Å². The van der Waals surface area contributed by atoms with Gasteiger partial charge in [0.15, 0.2) is 11.5 Å². The number of benzene rings is 2. The lowest BCUT2D eigenvalue weighted by Gasteiger charge is -2.13. The van der Waals surface area contributed by atoms with Crippen LogP contribution < -0.4 is 14.8 Å². The molecule has 0 amide bonds. The van der Waals surface area contributed by atoms with Crippen LogP contribution in [0, 0.1) is 6.92 Å². The smallest absolute Gasteiger partial charge is 0.161 e. The number of ether oxygens (including phenoxy) is 2. The van der Waals surface area contributed by atoms with Crippen LogP contribution in [0.4, 0.5) is 0 Å². The summed E-state index contributed by atoms with van der Waals surface area (Å²) in [5, 5.41) is 3.18. The minimum atomic E-state index is 0.555. The summed E-state index contributed by atoms with van der Waals surface area (Å²) in [6.07, 6.45) is 1.00. The fourth-order valence-corrected chi connectivity index (χ4v) is 2.25. The Morgan fingerprint density at radius 2 is 1.76 bits per heavy atom. The second-order valence-electron chi connectivity index (χ2n) is 5.07. The molecule has 2 aromatic carbocycles. The van der Waals surface area contributed by atoms with Crippen molar-refractivity contribution in [1.82, 2.24) is 5.32 Å². The lowest BCUT2D eigenvalue weighted by atomic mass is 10.1. The first-order chi connectivity index (χ1) is 10.2. The molecule has 0 aliphatic rings. The minimum Gasteiger partial charge on any atom is -0.493 e. The first kappa shape index (κ1) is 15.4. The second-order valence-corrected chi connectivity index (χ2v) is 5.07. The molecule has 0 atom stereocenters. The third-order valence-electron chi connectivity index (χ3n) is 3.47. The normalized spacial score (nSPS) is 10.4. The van der Waals surface area contributed by atoms with Gasteiger partial charge in [-0.25, -0.2) is 0 Å². The van der Waals surface area contributed by atoms with Crippen molar-refractivity contribution in [3.8, 4) is 11.5 Å². The van der Waals surface area contributed by atoms with Crippen LogP contribution in [0.25, 0.3) is 0 Å². The van der Waals surface area contributed by atoms with Crippen LogP contribution in [0.3, 0.4) is 0 Å². The van der Waals surface area contributed by atoms with E-state index in [0.29, 0.717) is 6.61 Å². The average molecular weight is 285 g/mol. The highest BCUT2D eigenvalue weighted by Crippen LogP contribution is 2.28. The van der Waals surface area contributed by atoms with E-state index in [2.05, 4.69) is 23.5 Å². The minimum absolute atomic E-state index is 0.555. The zero-order valence-electron chi connectivity index (χ0n) is 13.0.